The molecule has 0 amide bonds. The number of rotatable bonds is 6. The Labute approximate surface area is 130 Å². The Hall–Kier alpha value is -1.17. The molecule has 22 heavy (non-hydrogen) atoms. The van der Waals surface area contributed by atoms with E-state index in [1.165, 1.54) is 18.0 Å². The van der Waals surface area contributed by atoms with Gasteiger partial charge in [-0.1, -0.05) is 0 Å². The van der Waals surface area contributed by atoms with Crippen molar-refractivity contribution in [2.75, 3.05) is 18.6 Å². The van der Waals surface area contributed by atoms with Crippen molar-refractivity contribution in [3.8, 4) is 0 Å². The van der Waals surface area contributed by atoms with Gasteiger partial charge >= 0.3 is 5.69 Å². The van der Waals surface area contributed by atoms with Crippen LogP contribution < -0.4 is 17.0 Å². The monoisotopic (exact) mass is 333 g/mol. The molecule has 10 heteroatoms. The topological polar surface area (TPSA) is 140 Å². The number of aliphatic hydroxyl groups is 2. The lowest BCUT2D eigenvalue weighted by Gasteiger charge is -2.18. The summed E-state index contributed by atoms with van der Waals surface area (Å²) in [7, 11) is 0. The van der Waals surface area contributed by atoms with Crippen molar-refractivity contribution in [2.24, 2.45) is 5.73 Å². The van der Waals surface area contributed by atoms with Gasteiger partial charge in [-0.05, 0) is 6.26 Å². The Morgan fingerprint density at radius 2 is 2.23 bits per heavy atom. The molecule has 1 saturated heterocycles. The summed E-state index contributed by atoms with van der Waals surface area (Å²) in [5.41, 5.74) is 4.40. The molecule has 1 aliphatic heterocycles. The molecule has 0 spiro atoms. The molecule has 1 aliphatic rings. The first-order valence-corrected chi connectivity index (χ1v) is 8.02. The van der Waals surface area contributed by atoms with Crippen LogP contribution in [0.1, 0.15) is 6.23 Å². The van der Waals surface area contributed by atoms with Gasteiger partial charge < -0.3 is 25.4 Å². The van der Waals surface area contributed by atoms with Crippen LogP contribution in [-0.4, -0.2) is 62.9 Å². The Bertz CT molecular complexity index is 605. The molecule has 9 nitrogen and oxygen atoms in total. The van der Waals surface area contributed by atoms with Crippen molar-refractivity contribution in [3.63, 3.8) is 0 Å². The molecule has 2 rings (SSSR count). The normalized spacial score (nSPS) is 29.6. The van der Waals surface area contributed by atoms with Crippen LogP contribution in [-0.2, 0) is 9.47 Å². The number of aromatic nitrogens is 2. The number of hydrogen-bond acceptors (Lipinski definition) is 8. The zero-order valence-electron chi connectivity index (χ0n) is 11.9. The molecule has 0 saturated carbocycles. The number of hydrogen-bond donors (Lipinski definition) is 4. The first-order chi connectivity index (χ1) is 10.4. The summed E-state index contributed by atoms with van der Waals surface area (Å²) in [6.45, 7) is -0.0193. The molecule has 2 heterocycles. The molecule has 1 aromatic rings. The average molecular weight is 333 g/mol. The van der Waals surface area contributed by atoms with Crippen molar-refractivity contribution in [3.05, 3.63) is 33.1 Å². The van der Waals surface area contributed by atoms with E-state index in [0.29, 0.717) is 5.75 Å². The number of ether oxygens (including phenoxy) is 2. The Morgan fingerprint density at radius 1 is 1.50 bits per heavy atom. The largest absolute Gasteiger partial charge is 0.387 e. The second kappa shape index (κ2) is 7.40. The van der Waals surface area contributed by atoms with Gasteiger partial charge in [0.1, 0.15) is 24.5 Å². The van der Waals surface area contributed by atoms with Crippen LogP contribution in [0.5, 0.6) is 0 Å². The molecule has 1 fully saturated rings. The Kier molecular flexibility index (Phi) is 5.78. The molecule has 5 atom stereocenters. The molecule has 0 bridgehead atoms. The highest BCUT2D eigenvalue weighted by Crippen LogP contribution is 2.28. The van der Waals surface area contributed by atoms with E-state index in [1.807, 2.05) is 6.26 Å². The summed E-state index contributed by atoms with van der Waals surface area (Å²) >= 11 is 1.51. The van der Waals surface area contributed by atoms with Gasteiger partial charge in [-0.2, -0.15) is 11.8 Å². The fourth-order valence-corrected chi connectivity index (χ4v) is 2.58. The maximum Gasteiger partial charge on any atom is 0.330 e. The lowest BCUT2D eigenvalue weighted by Crippen LogP contribution is -2.38. The van der Waals surface area contributed by atoms with Crippen molar-refractivity contribution in [2.45, 2.75) is 30.8 Å². The number of H-pyrrole nitrogens is 1. The minimum absolute atomic E-state index is 0.0193. The molecule has 0 aromatic carbocycles. The average Bonchev–Trinajstić information content (AvgIpc) is 2.74. The van der Waals surface area contributed by atoms with E-state index in [9.17, 15) is 19.8 Å². The zero-order valence-corrected chi connectivity index (χ0v) is 12.7. The third-order valence-corrected chi connectivity index (χ3v) is 3.93. The predicted octanol–water partition coefficient (Wildman–Crippen LogP) is -2.18. The zero-order chi connectivity index (χ0) is 16.3. The van der Waals surface area contributed by atoms with Crippen LogP contribution in [0.3, 0.4) is 0 Å². The first-order valence-electron chi connectivity index (χ1n) is 6.63. The predicted molar refractivity (Wildman–Crippen MR) is 79.6 cm³/mol. The van der Waals surface area contributed by atoms with Crippen LogP contribution in [0.15, 0.2) is 21.9 Å². The quantitative estimate of drug-likeness (QED) is 0.431. The Balaban J connectivity index is 2.06. The van der Waals surface area contributed by atoms with Gasteiger partial charge in [-0.3, -0.25) is 14.3 Å². The van der Waals surface area contributed by atoms with Gasteiger partial charge in [0.05, 0.1) is 6.61 Å². The number of thioether (sulfide) groups is 1. The van der Waals surface area contributed by atoms with E-state index < -0.39 is 42.0 Å². The van der Waals surface area contributed by atoms with Crippen LogP contribution in [0.25, 0.3) is 0 Å². The highest BCUT2D eigenvalue weighted by atomic mass is 32.2. The number of nitrogens with one attached hydrogen (secondary N) is 1. The lowest BCUT2D eigenvalue weighted by atomic mass is 10.1. The summed E-state index contributed by atoms with van der Waals surface area (Å²) in [5, 5.41) is 20.0. The summed E-state index contributed by atoms with van der Waals surface area (Å²) < 4.78 is 11.8. The lowest BCUT2D eigenvalue weighted by molar-refractivity contribution is -0.0788. The fraction of sp³-hybridized carbons (Fsp3) is 0.667. The van der Waals surface area contributed by atoms with Gasteiger partial charge in [-0.15, -0.1) is 0 Å². The second-order valence-electron chi connectivity index (χ2n) is 4.89. The van der Waals surface area contributed by atoms with E-state index >= 15 is 0 Å². The van der Waals surface area contributed by atoms with Gasteiger partial charge in [-0.25, -0.2) is 4.79 Å². The van der Waals surface area contributed by atoms with Gasteiger partial charge in [0.15, 0.2) is 6.23 Å². The summed E-state index contributed by atoms with van der Waals surface area (Å²) in [6.07, 6.45) is -1.93. The van der Waals surface area contributed by atoms with E-state index in [-0.39, 0.29) is 6.61 Å². The molecular formula is C12H19N3O6S. The van der Waals surface area contributed by atoms with Crippen molar-refractivity contribution >= 4 is 11.8 Å². The molecule has 2 unspecified atom stereocenters. The third kappa shape index (κ3) is 3.77. The molecule has 0 radical (unpaired) electrons. The molecule has 0 aliphatic carbocycles. The second-order valence-corrected chi connectivity index (χ2v) is 5.80. The number of nitrogens with zero attached hydrogens (tertiary/aromatic N) is 1. The minimum Gasteiger partial charge on any atom is -0.387 e. The molecule has 5 N–H and O–H groups in total. The fourth-order valence-electron chi connectivity index (χ4n) is 2.16. The maximum absolute atomic E-state index is 11.7. The van der Waals surface area contributed by atoms with Crippen LogP contribution in [0, 0.1) is 0 Å². The van der Waals surface area contributed by atoms with E-state index in [1.54, 1.807) is 0 Å². The van der Waals surface area contributed by atoms with Crippen molar-refractivity contribution in [1.82, 2.24) is 9.55 Å². The number of aromatic amines is 1. The van der Waals surface area contributed by atoms with Gasteiger partial charge in [0.2, 0.25) is 0 Å². The van der Waals surface area contributed by atoms with E-state index in [0.717, 1.165) is 10.6 Å². The van der Waals surface area contributed by atoms with E-state index in [4.69, 9.17) is 15.2 Å². The number of nitrogens with two attached hydrogens (primary N) is 1. The summed E-state index contributed by atoms with van der Waals surface area (Å²) in [5.74, 6) is 0.578. The van der Waals surface area contributed by atoms with Crippen molar-refractivity contribution in [1.29, 1.82) is 0 Å². The third-order valence-electron chi connectivity index (χ3n) is 3.27. The molecular weight excluding hydrogens is 314 g/mol. The smallest absolute Gasteiger partial charge is 0.330 e. The highest BCUT2D eigenvalue weighted by Gasteiger charge is 2.44. The van der Waals surface area contributed by atoms with Crippen molar-refractivity contribution < 1.29 is 19.7 Å². The van der Waals surface area contributed by atoms with Crippen LogP contribution >= 0.6 is 11.8 Å². The van der Waals surface area contributed by atoms with Crippen LogP contribution in [0.4, 0.5) is 0 Å². The summed E-state index contributed by atoms with van der Waals surface area (Å²) in [4.78, 5) is 24.8. The first kappa shape index (κ1) is 17.2. The summed E-state index contributed by atoms with van der Waals surface area (Å²) in [6, 6.07) is 1.13. The van der Waals surface area contributed by atoms with Crippen LogP contribution in [0.2, 0.25) is 0 Å². The molecule has 1 aromatic heterocycles. The standard InChI is InChI=1S/C12H19N3O6S/c1-22-5-7(13)20-4-6-9(17)10(18)11(21-6)15-3-2-8(16)14-12(15)19/h2-3,6-7,9-11,17-18H,4-5,13H2,1H3,(H,14,16,19)/t6-,7?,9?,10+,11-/m1/s1. The number of aliphatic hydroxyl groups excluding tert-OH is 2. The molecule has 124 valence electrons. The maximum atomic E-state index is 11.7. The minimum atomic E-state index is -1.33. The SMILES string of the molecule is CSCC(N)OC[C@H]1O[C@@H](n2ccc(=O)[nH]c2=O)[C@@H](O)C1O. The van der Waals surface area contributed by atoms with Gasteiger partial charge in [0, 0.05) is 18.0 Å². The van der Waals surface area contributed by atoms with Gasteiger partial charge in [0.25, 0.3) is 5.56 Å². The highest BCUT2D eigenvalue weighted by molar-refractivity contribution is 7.98. The van der Waals surface area contributed by atoms with E-state index in [2.05, 4.69) is 4.98 Å². The Morgan fingerprint density at radius 3 is 2.86 bits per heavy atom.